The van der Waals surface area contributed by atoms with Crippen molar-refractivity contribution in [3.63, 3.8) is 0 Å². The van der Waals surface area contributed by atoms with Gasteiger partial charge in [0.1, 0.15) is 4.34 Å². The minimum absolute atomic E-state index is 0.0312. The van der Waals surface area contributed by atoms with Gasteiger partial charge in [0.05, 0.1) is 16.1 Å². The van der Waals surface area contributed by atoms with Crippen LogP contribution in [0.2, 0.25) is 8.67 Å². The van der Waals surface area contributed by atoms with Gasteiger partial charge in [0, 0.05) is 12.0 Å². The first kappa shape index (κ1) is 18.6. The van der Waals surface area contributed by atoms with E-state index in [1.54, 1.807) is 5.01 Å². The summed E-state index contributed by atoms with van der Waals surface area (Å²) < 4.78 is 1.28. The fourth-order valence-corrected chi connectivity index (χ4v) is 4.55. The van der Waals surface area contributed by atoms with E-state index in [9.17, 15) is 0 Å². The summed E-state index contributed by atoms with van der Waals surface area (Å²) in [5, 5.41) is 6.55. The Kier molecular flexibility index (Phi) is 5.13. The Hall–Kier alpha value is -1.14. The molecule has 1 aromatic carbocycles. The molecule has 3 nitrogen and oxygen atoms in total. The zero-order valence-electron chi connectivity index (χ0n) is 14.2. The number of halogens is 2. The first-order valence-corrected chi connectivity index (χ1v) is 9.86. The molecule has 2 heterocycles. The number of hydrazone groups is 1. The molecule has 1 aromatic heterocycles. The molecule has 0 bridgehead atoms. The van der Waals surface area contributed by atoms with Crippen molar-refractivity contribution < 1.29 is 0 Å². The number of thiocarbonyl (C=S) groups is 1. The van der Waals surface area contributed by atoms with E-state index in [4.69, 9.17) is 41.2 Å². The van der Waals surface area contributed by atoms with Gasteiger partial charge in [0.15, 0.2) is 5.11 Å². The monoisotopic (exact) mass is 411 g/mol. The van der Waals surface area contributed by atoms with Crippen molar-refractivity contribution in [2.75, 3.05) is 0 Å². The van der Waals surface area contributed by atoms with Gasteiger partial charge in [-0.2, -0.15) is 5.10 Å². The molecule has 132 valence electrons. The molecule has 1 aliphatic heterocycles. The maximum absolute atomic E-state index is 6.29. The van der Waals surface area contributed by atoms with E-state index >= 15 is 0 Å². The molecule has 0 amide bonds. The molecule has 0 saturated carbocycles. The second-order valence-electron chi connectivity index (χ2n) is 7.06. The zero-order chi connectivity index (χ0) is 18.4. The van der Waals surface area contributed by atoms with Crippen LogP contribution in [0.3, 0.4) is 0 Å². The number of hydrogen-bond donors (Lipinski definition) is 1. The van der Waals surface area contributed by atoms with Crippen molar-refractivity contribution in [3.05, 3.63) is 55.7 Å². The lowest BCUT2D eigenvalue weighted by Crippen LogP contribution is -2.31. The van der Waals surface area contributed by atoms with E-state index in [-0.39, 0.29) is 16.6 Å². The lowest BCUT2D eigenvalue weighted by Gasteiger charge is -2.24. The fourth-order valence-electron chi connectivity index (χ4n) is 2.88. The van der Waals surface area contributed by atoms with Gasteiger partial charge in [0.25, 0.3) is 0 Å². The summed E-state index contributed by atoms with van der Waals surface area (Å²) in [6.07, 6.45) is 0.680. The van der Waals surface area contributed by atoms with Crippen LogP contribution in [-0.2, 0) is 5.41 Å². The van der Waals surface area contributed by atoms with E-state index in [1.807, 2.05) is 6.07 Å². The molecule has 0 radical (unpaired) electrons. The van der Waals surface area contributed by atoms with Crippen molar-refractivity contribution in [1.82, 2.24) is 5.01 Å². The van der Waals surface area contributed by atoms with E-state index in [0.717, 1.165) is 16.8 Å². The highest BCUT2D eigenvalue weighted by Gasteiger charge is 2.32. The molecular weight excluding hydrogens is 393 g/mol. The third-order valence-electron chi connectivity index (χ3n) is 4.27. The van der Waals surface area contributed by atoms with Crippen molar-refractivity contribution in [3.8, 4) is 0 Å². The van der Waals surface area contributed by atoms with Crippen LogP contribution in [0.25, 0.3) is 0 Å². The largest absolute Gasteiger partial charge is 0.375 e. The lowest BCUT2D eigenvalue weighted by molar-refractivity contribution is 0.372. The highest BCUT2D eigenvalue weighted by Crippen LogP contribution is 2.38. The first-order valence-electron chi connectivity index (χ1n) is 7.88. The molecule has 0 spiro atoms. The van der Waals surface area contributed by atoms with E-state index in [2.05, 4.69) is 50.1 Å². The quantitative estimate of drug-likeness (QED) is 0.639. The van der Waals surface area contributed by atoms with Gasteiger partial charge < -0.3 is 5.73 Å². The smallest absolute Gasteiger partial charge is 0.187 e. The third-order valence-corrected chi connectivity index (χ3v) is 5.94. The lowest BCUT2D eigenvalue weighted by atomic mass is 9.86. The van der Waals surface area contributed by atoms with Crippen LogP contribution in [0.4, 0.5) is 0 Å². The van der Waals surface area contributed by atoms with Crippen molar-refractivity contribution in [2.45, 2.75) is 38.6 Å². The van der Waals surface area contributed by atoms with Crippen LogP contribution >= 0.6 is 46.8 Å². The van der Waals surface area contributed by atoms with Crippen molar-refractivity contribution >= 4 is 57.6 Å². The minimum atomic E-state index is -0.0312. The van der Waals surface area contributed by atoms with Gasteiger partial charge in [-0.05, 0) is 34.8 Å². The molecule has 1 unspecified atom stereocenters. The molecule has 0 fully saturated rings. The normalized spacial score (nSPS) is 17.7. The number of nitrogens with two attached hydrogens (primary N) is 1. The maximum atomic E-state index is 6.29. The standard InChI is InChI=1S/C18H19Cl2N3S2/c1-18(2,3)11-6-4-10(5-7-11)14-9-13(22-23(14)17(21)24)12-8-15(19)25-16(12)20/h4-8,14H,9H2,1-3H3,(H2,21,24). The Balaban J connectivity index is 1.92. The summed E-state index contributed by atoms with van der Waals surface area (Å²) in [5.74, 6) is 0. The average Bonchev–Trinajstić information content (AvgIpc) is 3.10. The molecule has 7 heteroatoms. The highest BCUT2D eigenvalue weighted by atomic mass is 35.5. The molecule has 1 atom stereocenters. The number of hydrogen-bond acceptors (Lipinski definition) is 3. The SMILES string of the molecule is CC(C)(C)c1ccc(C2CC(c3cc(Cl)sc3Cl)=NN2C(N)=S)cc1. The Morgan fingerprint density at radius 1 is 1.28 bits per heavy atom. The summed E-state index contributed by atoms with van der Waals surface area (Å²) in [4.78, 5) is 0. The summed E-state index contributed by atoms with van der Waals surface area (Å²) in [5.41, 5.74) is 10.1. The molecule has 0 saturated heterocycles. The van der Waals surface area contributed by atoms with Crippen LogP contribution in [0.1, 0.15) is 49.9 Å². The van der Waals surface area contributed by atoms with E-state index in [1.165, 1.54) is 16.9 Å². The third kappa shape index (κ3) is 3.85. The van der Waals surface area contributed by atoms with Gasteiger partial charge in [-0.1, -0.05) is 68.2 Å². The van der Waals surface area contributed by atoms with E-state index < -0.39 is 0 Å². The van der Waals surface area contributed by atoms with Crippen LogP contribution < -0.4 is 5.73 Å². The first-order chi connectivity index (χ1) is 11.7. The number of thiophene rings is 1. The molecule has 2 aromatic rings. The zero-order valence-corrected chi connectivity index (χ0v) is 17.4. The predicted octanol–water partition coefficient (Wildman–Crippen LogP) is 5.75. The van der Waals surface area contributed by atoms with Gasteiger partial charge >= 0.3 is 0 Å². The van der Waals surface area contributed by atoms with Gasteiger partial charge in [0.2, 0.25) is 0 Å². The van der Waals surface area contributed by atoms with Crippen LogP contribution in [0, 0.1) is 0 Å². The molecule has 25 heavy (non-hydrogen) atoms. The van der Waals surface area contributed by atoms with Crippen LogP contribution in [0.15, 0.2) is 35.4 Å². The minimum Gasteiger partial charge on any atom is -0.375 e. The average molecular weight is 412 g/mol. The van der Waals surface area contributed by atoms with Crippen molar-refractivity contribution in [2.24, 2.45) is 10.8 Å². The summed E-state index contributed by atoms with van der Waals surface area (Å²) >= 11 is 18.9. The van der Waals surface area contributed by atoms with Gasteiger partial charge in [-0.3, -0.25) is 0 Å². The van der Waals surface area contributed by atoms with E-state index in [0.29, 0.717) is 15.1 Å². The highest BCUT2D eigenvalue weighted by molar-refractivity contribution is 7.80. The summed E-state index contributed by atoms with van der Waals surface area (Å²) in [7, 11) is 0. The summed E-state index contributed by atoms with van der Waals surface area (Å²) in [6.45, 7) is 6.59. The topological polar surface area (TPSA) is 41.6 Å². The number of rotatable bonds is 2. The Morgan fingerprint density at radius 3 is 2.40 bits per heavy atom. The second kappa shape index (κ2) is 6.88. The Labute approximate surface area is 167 Å². The summed E-state index contributed by atoms with van der Waals surface area (Å²) in [6, 6.07) is 10.4. The van der Waals surface area contributed by atoms with Gasteiger partial charge in [-0.15, -0.1) is 11.3 Å². The number of benzene rings is 1. The Morgan fingerprint density at radius 2 is 1.92 bits per heavy atom. The van der Waals surface area contributed by atoms with Gasteiger partial charge in [-0.25, -0.2) is 5.01 Å². The molecule has 2 N–H and O–H groups in total. The van der Waals surface area contributed by atoms with Crippen LogP contribution in [-0.4, -0.2) is 15.8 Å². The van der Waals surface area contributed by atoms with Crippen LogP contribution in [0.5, 0.6) is 0 Å². The maximum Gasteiger partial charge on any atom is 0.187 e. The predicted molar refractivity (Wildman–Crippen MR) is 112 cm³/mol. The molecule has 1 aliphatic rings. The second-order valence-corrected chi connectivity index (χ2v) is 9.76. The molecule has 0 aliphatic carbocycles. The Bertz CT molecular complexity index is 835. The fraction of sp³-hybridized carbons (Fsp3) is 0.333. The van der Waals surface area contributed by atoms with Crippen molar-refractivity contribution in [1.29, 1.82) is 0 Å². The molecule has 3 rings (SSSR count). The molecular formula is C18H19Cl2N3S2. The number of nitrogens with zero attached hydrogens (tertiary/aromatic N) is 2.